The average molecular weight is 482 g/mol. The molecule has 0 spiro atoms. The number of nitrogens with zero attached hydrogens (tertiary/aromatic N) is 3. The molecule has 0 N–H and O–H groups in total. The lowest BCUT2D eigenvalue weighted by Crippen LogP contribution is -2.56. The molecule has 4 aliphatic rings. The van der Waals surface area contributed by atoms with Crippen molar-refractivity contribution in [1.29, 1.82) is 0 Å². The van der Waals surface area contributed by atoms with Crippen molar-refractivity contribution in [2.45, 2.75) is 78.2 Å². The van der Waals surface area contributed by atoms with E-state index in [4.69, 9.17) is 4.74 Å². The van der Waals surface area contributed by atoms with Crippen LogP contribution in [0.2, 0.25) is 0 Å². The molecule has 4 fully saturated rings. The molecular formula is C29H40FN3O2. The van der Waals surface area contributed by atoms with E-state index in [9.17, 15) is 9.18 Å². The van der Waals surface area contributed by atoms with Gasteiger partial charge in [0.15, 0.2) is 5.78 Å². The third kappa shape index (κ3) is 3.69. The molecule has 1 aromatic carbocycles. The molecule has 2 aromatic rings. The molecular weight excluding hydrogens is 441 g/mol. The number of ether oxygens (including phenoxy) is 1. The van der Waals surface area contributed by atoms with E-state index in [1.165, 1.54) is 55.5 Å². The summed E-state index contributed by atoms with van der Waals surface area (Å²) in [6, 6.07) is 4.41. The number of carbonyl (C=O) groups excluding carboxylic acids is 1. The van der Waals surface area contributed by atoms with Gasteiger partial charge in [0, 0.05) is 19.1 Å². The molecule has 190 valence electrons. The van der Waals surface area contributed by atoms with Crippen LogP contribution in [0.15, 0.2) is 18.2 Å². The Morgan fingerprint density at radius 1 is 1.09 bits per heavy atom. The summed E-state index contributed by atoms with van der Waals surface area (Å²) < 4.78 is 19.5. The lowest BCUT2D eigenvalue weighted by molar-refractivity contribution is -0.154. The number of aromatic nitrogens is 3. The number of halogens is 1. The SMILES string of the molecule is COCC12CCC(C)CC1CCC1C2CCC2(C)C1CC[C@@H]2C(=O)Cn1nc2ccc(F)cc2n1. The van der Waals surface area contributed by atoms with Gasteiger partial charge in [-0.1, -0.05) is 20.3 Å². The zero-order valence-corrected chi connectivity index (χ0v) is 21.5. The van der Waals surface area contributed by atoms with Crippen molar-refractivity contribution < 1.29 is 13.9 Å². The average Bonchev–Trinajstić information content (AvgIpc) is 3.38. The first-order valence-corrected chi connectivity index (χ1v) is 13.9. The maximum atomic E-state index is 13.6. The summed E-state index contributed by atoms with van der Waals surface area (Å²) in [4.78, 5) is 15.1. The van der Waals surface area contributed by atoms with Gasteiger partial charge in [0.2, 0.25) is 0 Å². The van der Waals surface area contributed by atoms with Gasteiger partial charge in [0.05, 0.1) is 6.61 Å². The molecule has 8 atom stereocenters. The minimum absolute atomic E-state index is 0.0694. The van der Waals surface area contributed by atoms with Crippen molar-refractivity contribution in [3.63, 3.8) is 0 Å². The third-order valence-corrected chi connectivity index (χ3v) is 11.1. The number of fused-ring (bicyclic) bond motifs is 6. The van der Waals surface area contributed by atoms with E-state index in [1.54, 1.807) is 6.07 Å². The van der Waals surface area contributed by atoms with E-state index in [0.717, 1.165) is 49.5 Å². The first-order chi connectivity index (χ1) is 16.8. The van der Waals surface area contributed by atoms with E-state index in [-0.39, 0.29) is 29.5 Å². The zero-order valence-electron chi connectivity index (χ0n) is 21.5. The Balaban J connectivity index is 1.22. The van der Waals surface area contributed by atoms with Crippen LogP contribution in [0.4, 0.5) is 4.39 Å². The van der Waals surface area contributed by atoms with Crippen LogP contribution in [0.3, 0.4) is 0 Å². The Labute approximate surface area is 208 Å². The van der Waals surface area contributed by atoms with Gasteiger partial charge in [-0.15, -0.1) is 0 Å². The molecule has 6 heteroatoms. The molecule has 0 radical (unpaired) electrons. The topological polar surface area (TPSA) is 57.0 Å². The molecule has 0 amide bonds. The predicted octanol–water partition coefficient (Wildman–Crippen LogP) is 6.06. The van der Waals surface area contributed by atoms with Crippen LogP contribution in [0.25, 0.3) is 11.0 Å². The van der Waals surface area contributed by atoms with Crippen LogP contribution >= 0.6 is 0 Å². The highest BCUT2D eigenvalue weighted by Crippen LogP contribution is 2.68. The summed E-state index contributed by atoms with van der Waals surface area (Å²) >= 11 is 0. The van der Waals surface area contributed by atoms with Crippen LogP contribution in [-0.4, -0.2) is 34.5 Å². The summed E-state index contributed by atoms with van der Waals surface area (Å²) in [5, 5.41) is 8.83. The van der Waals surface area contributed by atoms with E-state index >= 15 is 0 Å². The summed E-state index contributed by atoms with van der Waals surface area (Å²) in [6.07, 6.45) is 11.2. The largest absolute Gasteiger partial charge is 0.384 e. The normalized spacial score (nSPS) is 40.8. The molecule has 5 nitrogen and oxygen atoms in total. The Morgan fingerprint density at radius 2 is 1.91 bits per heavy atom. The fraction of sp³-hybridized carbons (Fsp3) is 0.759. The van der Waals surface area contributed by atoms with Crippen molar-refractivity contribution in [3.05, 3.63) is 24.0 Å². The molecule has 35 heavy (non-hydrogen) atoms. The van der Waals surface area contributed by atoms with Crippen molar-refractivity contribution >= 4 is 16.8 Å². The lowest BCUT2D eigenvalue weighted by Gasteiger charge is -2.61. The molecule has 7 unspecified atom stereocenters. The second-order valence-corrected chi connectivity index (χ2v) is 12.7. The van der Waals surface area contributed by atoms with Crippen molar-refractivity contribution in [2.75, 3.05) is 13.7 Å². The lowest BCUT2D eigenvalue weighted by atomic mass is 9.44. The molecule has 4 aliphatic carbocycles. The number of benzene rings is 1. The smallest absolute Gasteiger partial charge is 0.159 e. The highest BCUT2D eigenvalue weighted by atomic mass is 19.1. The van der Waals surface area contributed by atoms with Gasteiger partial charge >= 0.3 is 0 Å². The van der Waals surface area contributed by atoms with Gasteiger partial charge in [0.1, 0.15) is 23.4 Å². The van der Waals surface area contributed by atoms with E-state index in [2.05, 4.69) is 24.0 Å². The Bertz CT molecular complexity index is 1120. The van der Waals surface area contributed by atoms with E-state index in [1.807, 2.05) is 7.11 Å². The Kier molecular flexibility index (Phi) is 5.82. The Morgan fingerprint density at radius 3 is 2.74 bits per heavy atom. The number of methoxy groups -OCH3 is 1. The zero-order chi connectivity index (χ0) is 24.4. The first kappa shape index (κ1) is 23.6. The third-order valence-electron chi connectivity index (χ3n) is 11.1. The van der Waals surface area contributed by atoms with E-state index < -0.39 is 0 Å². The van der Waals surface area contributed by atoms with Gasteiger partial charge in [-0.05, 0) is 104 Å². The van der Waals surface area contributed by atoms with E-state index in [0.29, 0.717) is 22.4 Å². The second-order valence-electron chi connectivity index (χ2n) is 12.7. The molecule has 4 saturated carbocycles. The second kappa shape index (κ2) is 8.64. The number of hydrogen-bond acceptors (Lipinski definition) is 4. The van der Waals surface area contributed by atoms with Gasteiger partial charge in [-0.3, -0.25) is 4.79 Å². The molecule has 0 saturated heterocycles. The van der Waals surface area contributed by atoms with Crippen molar-refractivity contribution in [1.82, 2.24) is 15.0 Å². The van der Waals surface area contributed by atoms with Crippen molar-refractivity contribution in [3.8, 4) is 0 Å². The fourth-order valence-electron chi connectivity index (χ4n) is 9.60. The number of Topliss-reactive ketones (excluding diaryl/α,β-unsaturated/α-hetero) is 1. The number of hydrogen-bond donors (Lipinski definition) is 0. The predicted molar refractivity (Wildman–Crippen MR) is 133 cm³/mol. The quantitative estimate of drug-likeness (QED) is 0.521. The fourth-order valence-corrected chi connectivity index (χ4v) is 9.60. The molecule has 0 aliphatic heterocycles. The maximum Gasteiger partial charge on any atom is 0.159 e. The first-order valence-electron chi connectivity index (χ1n) is 13.9. The van der Waals surface area contributed by atoms with Gasteiger partial charge in [-0.25, -0.2) is 4.39 Å². The Hall–Kier alpha value is -1.82. The van der Waals surface area contributed by atoms with Crippen LogP contribution < -0.4 is 0 Å². The van der Waals surface area contributed by atoms with Crippen LogP contribution in [0.1, 0.15) is 71.6 Å². The minimum Gasteiger partial charge on any atom is -0.384 e. The van der Waals surface area contributed by atoms with Crippen LogP contribution in [0.5, 0.6) is 0 Å². The number of rotatable bonds is 5. The van der Waals surface area contributed by atoms with Crippen LogP contribution in [0, 0.1) is 52.2 Å². The number of carbonyl (C=O) groups is 1. The molecule has 0 bridgehead atoms. The minimum atomic E-state index is -0.327. The monoisotopic (exact) mass is 481 g/mol. The molecule has 1 aromatic heterocycles. The summed E-state index contributed by atoms with van der Waals surface area (Å²) in [5.74, 6) is 3.74. The highest BCUT2D eigenvalue weighted by molar-refractivity contribution is 5.82. The summed E-state index contributed by atoms with van der Waals surface area (Å²) in [5.41, 5.74) is 1.56. The maximum absolute atomic E-state index is 13.6. The summed E-state index contributed by atoms with van der Waals surface area (Å²) in [7, 11) is 1.89. The van der Waals surface area contributed by atoms with Crippen LogP contribution in [-0.2, 0) is 16.1 Å². The molecule has 6 rings (SSSR count). The van der Waals surface area contributed by atoms with Gasteiger partial charge in [-0.2, -0.15) is 15.0 Å². The number of ketones is 1. The summed E-state index contributed by atoms with van der Waals surface area (Å²) in [6.45, 7) is 5.94. The van der Waals surface area contributed by atoms with Crippen molar-refractivity contribution in [2.24, 2.45) is 46.3 Å². The van der Waals surface area contributed by atoms with Gasteiger partial charge < -0.3 is 4.74 Å². The standard InChI is InChI=1S/C29H40FN3O2/c1-18-10-13-29(17-35-3)19(14-18)4-6-21-22-7-8-24(28(22,2)12-11-23(21)29)27(34)16-33-31-25-9-5-20(30)15-26(25)32-33/h5,9,15,18-19,21-24H,4,6-8,10-14,16-17H2,1-3H3/t18?,19?,21?,22?,23?,24-,28?,29?/m1/s1. The highest BCUT2D eigenvalue weighted by Gasteiger charge is 2.62. The van der Waals surface area contributed by atoms with Gasteiger partial charge in [0.25, 0.3) is 0 Å². The molecule has 1 heterocycles.